The van der Waals surface area contributed by atoms with E-state index in [9.17, 15) is 14.4 Å². The highest BCUT2D eigenvalue weighted by atomic mass is 16.5. The average Bonchev–Trinajstić information content (AvgIpc) is 3.41. The van der Waals surface area contributed by atoms with Gasteiger partial charge in [0.25, 0.3) is 11.8 Å². The Morgan fingerprint density at radius 3 is 2.42 bits per heavy atom. The maximum Gasteiger partial charge on any atom is 0.325 e. The molecule has 2 aromatic rings. The highest BCUT2D eigenvalue weighted by molar-refractivity contribution is 5.96. The van der Waals surface area contributed by atoms with Gasteiger partial charge < -0.3 is 15.4 Å². The molecule has 8 heteroatoms. The van der Waals surface area contributed by atoms with Crippen molar-refractivity contribution in [2.75, 3.05) is 18.5 Å². The number of benzene rings is 1. The number of carbonyl (C=O) groups excluding carboxylic acids is 3. The smallest absolute Gasteiger partial charge is 0.325 e. The highest BCUT2D eigenvalue weighted by Gasteiger charge is 2.21. The Hall–Kier alpha value is -3.16. The van der Waals surface area contributed by atoms with Crippen molar-refractivity contribution >= 4 is 23.6 Å². The Morgan fingerprint density at radius 2 is 1.77 bits per heavy atom. The lowest BCUT2D eigenvalue weighted by Gasteiger charge is -2.19. The molecule has 1 fully saturated rings. The number of amides is 2. The van der Waals surface area contributed by atoms with Crippen LogP contribution in [0.5, 0.6) is 0 Å². The Kier molecular flexibility index (Phi) is 7.09. The summed E-state index contributed by atoms with van der Waals surface area (Å²) >= 11 is 0. The minimum Gasteiger partial charge on any atom is -0.454 e. The fourth-order valence-electron chi connectivity index (χ4n) is 3.61. The van der Waals surface area contributed by atoms with Crippen molar-refractivity contribution in [3.8, 4) is 0 Å². The number of hydrogen-bond acceptors (Lipinski definition) is 5. The summed E-state index contributed by atoms with van der Waals surface area (Å²) in [4.78, 5) is 36.3. The second kappa shape index (κ2) is 9.76. The van der Waals surface area contributed by atoms with E-state index in [-0.39, 0.29) is 17.9 Å². The zero-order valence-electron chi connectivity index (χ0n) is 18.3. The lowest BCUT2D eigenvalue weighted by atomic mass is 9.87. The number of nitrogens with one attached hydrogen (secondary N) is 2. The van der Waals surface area contributed by atoms with Crippen LogP contribution in [0.3, 0.4) is 0 Å². The first kappa shape index (κ1) is 22.5. The molecule has 0 radical (unpaired) electrons. The molecule has 2 amide bonds. The molecule has 1 aromatic carbocycles. The van der Waals surface area contributed by atoms with E-state index in [1.54, 1.807) is 24.4 Å². The van der Waals surface area contributed by atoms with Crippen LogP contribution in [0.1, 0.15) is 68.4 Å². The molecule has 0 aliphatic heterocycles. The third-order valence-corrected chi connectivity index (χ3v) is 5.38. The molecule has 1 aromatic heterocycles. The zero-order chi connectivity index (χ0) is 22.4. The standard InChI is InChI=1S/C23H30N4O4/c1-23(2,3)17-10-8-16(9-11-17)22(30)24-14-21(29)31-15-20(28)26-19-12-13-25-27(19)18-6-4-5-7-18/h8-13,18H,4-7,14-15H2,1-3H3,(H,24,30)(H,26,28). The van der Waals surface area contributed by atoms with Gasteiger partial charge in [0.05, 0.1) is 12.2 Å². The molecule has 0 unspecified atom stereocenters. The Bertz CT molecular complexity index is 922. The van der Waals surface area contributed by atoms with Crippen LogP contribution in [0, 0.1) is 0 Å². The minimum atomic E-state index is -0.681. The summed E-state index contributed by atoms with van der Waals surface area (Å²) < 4.78 is 6.79. The van der Waals surface area contributed by atoms with Crippen molar-refractivity contribution in [1.82, 2.24) is 15.1 Å². The Labute approximate surface area is 182 Å². The predicted molar refractivity (Wildman–Crippen MR) is 117 cm³/mol. The summed E-state index contributed by atoms with van der Waals surface area (Å²) in [5, 5.41) is 9.53. The van der Waals surface area contributed by atoms with Crippen LogP contribution in [0.15, 0.2) is 36.5 Å². The lowest BCUT2D eigenvalue weighted by Crippen LogP contribution is -2.32. The maximum absolute atomic E-state index is 12.2. The summed E-state index contributed by atoms with van der Waals surface area (Å²) in [5.74, 6) is -0.904. The van der Waals surface area contributed by atoms with Crippen LogP contribution < -0.4 is 10.6 Å². The fourth-order valence-corrected chi connectivity index (χ4v) is 3.61. The van der Waals surface area contributed by atoms with E-state index >= 15 is 0 Å². The van der Waals surface area contributed by atoms with Crippen molar-refractivity contribution in [1.29, 1.82) is 0 Å². The Morgan fingerprint density at radius 1 is 1.10 bits per heavy atom. The number of aromatic nitrogens is 2. The number of rotatable bonds is 7. The van der Waals surface area contributed by atoms with Crippen LogP contribution >= 0.6 is 0 Å². The van der Waals surface area contributed by atoms with Gasteiger partial charge in [-0.25, -0.2) is 4.68 Å². The normalized spacial score (nSPS) is 14.3. The lowest BCUT2D eigenvalue weighted by molar-refractivity contribution is -0.146. The average molecular weight is 427 g/mol. The largest absolute Gasteiger partial charge is 0.454 e. The van der Waals surface area contributed by atoms with E-state index in [4.69, 9.17) is 4.74 Å². The molecule has 8 nitrogen and oxygen atoms in total. The molecule has 0 spiro atoms. The van der Waals surface area contributed by atoms with Crippen molar-refractivity contribution in [2.24, 2.45) is 0 Å². The van der Waals surface area contributed by atoms with Gasteiger partial charge in [-0.2, -0.15) is 5.10 Å². The van der Waals surface area contributed by atoms with Crippen LogP contribution in [-0.2, 0) is 19.7 Å². The molecule has 31 heavy (non-hydrogen) atoms. The van der Waals surface area contributed by atoms with Gasteiger partial charge in [-0.05, 0) is 36.0 Å². The fraction of sp³-hybridized carbons (Fsp3) is 0.478. The highest BCUT2D eigenvalue weighted by Crippen LogP contribution is 2.31. The first-order valence-corrected chi connectivity index (χ1v) is 10.6. The molecule has 1 saturated carbocycles. The van der Waals surface area contributed by atoms with Gasteiger partial charge in [-0.15, -0.1) is 0 Å². The second-order valence-electron chi connectivity index (χ2n) is 8.82. The van der Waals surface area contributed by atoms with E-state index in [0.29, 0.717) is 17.4 Å². The molecule has 2 N–H and O–H groups in total. The van der Waals surface area contributed by atoms with Gasteiger partial charge in [-0.1, -0.05) is 45.7 Å². The monoisotopic (exact) mass is 426 g/mol. The van der Waals surface area contributed by atoms with Gasteiger partial charge in [0, 0.05) is 11.6 Å². The van der Waals surface area contributed by atoms with Crippen molar-refractivity contribution in [3.63, 3.8) is 0 Å². The van der Waals surface area contributed by atoms with E-state index in [1.807, 2.05) is 16.8 Å². The molecule has 3 rings (SSSR count). The van der Waals surface area contributed by atoms with Crippen LogP contribution in [0.2, 0.25) is 0 Å². The molecule has 0 saturated heterocycles. The molecule has 1 aliphatic rings. The van der Waals surface area contributed by atoms with Gasteiger partial charge in [0.15, 0.2) is 6.61 Å². The van der Waals surface area contributed by atoms with E-state index < -0.39 is 18.5 Å². The number of ether oxygens (including phenoxy) is 1. The molecular formula is C23H30N4O4. The van der Waals surface area contributed by atoms with Crippen molar-refractivity contribution < 1.29 is 19.1 Å². The molecule has 166 valence electrons. The van der Waals surface area contributed by atoms with Gasteiger partial charge in [0.2, 0.25) is 0 Å². The number of anilines is 1. The zero-order valence-corrected chi connectivity index (χ0v) is 18.3. The predicted octanol–water partition coefficient (Wildman–Crippen LogP) is 3.21. The summed E-state index contributed by atoms with van der Waals surface area (Å²) in [6.07, 6.45) is 6.03. The van der Waals surface area contributed by atoms with Gasteiger partial charge in [-0.3, -0.25) is 14.4 Å². The summed E-state index contributed by atoms with van der Waals surface area (Å²) in [6, 6.07) is 9.26. The van der Waals surface area contributed by atoms with Gasteiger partial charge >= 0.3 is 5.97 Å². The van der Waals surface area contributed by atoms with Crippen molar-refractivity contribution in [2.45, 2.75) is 57.9 Å². The van der Waals surface area contributed by atoms with E-state index in [2.05, 4.69) is 36.5 Å². The Balaban J connectivity index is 1.41. The maximum atomic E-state index is 12.2. The van der Waals surface area contributed by atoms with E-state index in [0.717, 1.165) is 31.2 Å². The van der Waals surface area contributed by atoms with Crippen LogP contribution in [0.25, 0.3) is 0 Å². The molecule has 0 bridgehead atoms. The molecule has 1 aliphatic carbocycles. The first-order valence-electron chi connectivity index (χ1n) is 10.6. The summed E-state index contributed by atoms with van der Waals surface area (Å²) in [7, 11) is 0. The third kappa shape index (κ3) is 6.16. The number of hydrogen-bond donors (Lipinski definition) is 2. The topological polar surface area (TPSA) is 102 Å². The SMILES string of the molecule is CC(C)(C)c1ccc(C(=O)NCC(=O)OCC(=O)Nc2ccnn2C2CCCC2)cc1. The van der Waals surface area contributed by atoms with Crippen LogP contribution in [0.4, 0.5) is 5.82 Å². The third-order valence-electron chi connectivity index (χ3n) is 5.38. The number of esters is 1. The first-order chi connectivity index (χ1) is 14.7. The van der Waals surface area contributed by atoms with Gasteiger partial charge in [0.1, 0.15) is 12.4 Å². The molecular weight excluding hydrogens is 396 g/mol. The second-order valence-corrected chi connectivity index (χ2v) is 8.82. The summed E-state index contributed by atoms with van der Waals surface area (Å²) in [5.41, 5.74) is 1.57. The molecule has 1 heterocycles. The molecule has 0 atom stereocenters. The number of nitrogens with zero attached hydrogens (tertiary/aromatic N) is 2. The van der Waals surface area contributed by atoms with Crippen molar-refractivity contribution in [3.05, 3.63) is 47.7 Å². The minimum absolute atomic E-state index is 0.00577. The quantitative estimate of drug-likeness (QED) is 0.662. The summed E-state index contributed by atoms with van der Waals surface area (Å²) in [6.45, 7) is 5.54. The van der Waals surface area contributed by atoms with E-state index in [1.165, 1.54) is 0 Å². The number of carbonyl (C=O) groups is 3. The van der Waals surface area contributed by atoms with Crippen LogP contribution in [-0.4, -0.2) is 40.7 Å².